The second-order valence-electron chi connectivity index (χ2n) is 3.56. The molecule has 2 heteroatoms. The number of nitrogens with two attached hydrogens (primary N) is 1. The molecule has 2 N–H and O–H groups in total. The highest BCUT2D eigenvalue weighted by Gasteiger charge is 2.01. The molecule has 0 amide bonds. The molecule has 0 aliphatic rings. The topological polar surface area (TPSA) is 26.0 Å². The molecule has 0 aliphatic heterocycles. The predicted octanol–water partition coefficient (Wildman–Crippen LogP) is 3.44. The van der Waals surface area contributed by atoms with Crippen molar-refractivity contribution in [2.75, 3.05) is 0 Å². The first-order valence-electron chi connectivity index (χ1n) is 5.20. The first-order chi connectivity index (χ1) is 7.33. The molecule has 0 saturated heterocycles. The minimum Gasteiger partial charge on any atom is -0.326 e. The van der Waals surface area contributed by atoms with E-state index in [4.69, 9.17) is 5.73 Å². The van der Waals surface area contributed by atoms with Gasteiger partial charge in [0, 0.05) is 11.4 Å². The van der Waals surface area contributed by atoms with Crippen molar-refractivity contribution in [1.29, 1.82) is 0 Å². The lowest BCUT2D eigenvalue weighted by atomic mass is 10.0. The monoisotopic (exact) mass is 217 g/mol. The van der Waals surface area contributed by atoms with Crippen molar-refractivity contribution >= 4 is 11.3 Å². The number of benzene rings is 1. The van der Waals surface area contributed by atoms with E-state index in [1.165, 1.54) is 21.6 Å². The van der Waals surface area contributed by atoms with E-state index in [9.17, 15) is 0 Å². The molecular weight excluding hydrogens is 202 g/mol. The van der Waals surface area contributed by atoms with Gasteiger partial charge in [0.05, 0.1) is 0 Å². The van der Waals surface area contributed by atoms with Crippen LogP contribution >= 0.6 is 11.3 Å². The van der Waals surface area contributed by atoms with Crippen LogP contribution in [0.1, 0.15) is 17.4 Å². The van der Waals surface area contributed by atoms with Gasteiger partial charge in [-0.2, -0.15) is 0 Å². The van der Waals surface area contributed by atoms with Crippen molar-refractivity contribution in [3.8, 4) is 11.1 Å². The van der Waals surface area contributed by atoms with Crippen molar-refractivity contribution in [2.24, 2.45) is 5.73 Å². The first kappa shape index (κ1) is 10.4. The zero-order valence-corrected chi connectivity index (χ0v) is 9.68. The summed E-state index contributed by atoms with van der Waals surface area (Å²) in [5.74, 6) is 0. The zero-order valence-electron chi connectivity index (χ0n) is 8.86. The van der Waals surface area contributed by atoms with E-state index in [0.29, 0.717) is 6.54 Å². The van der Waals surface area contributed by atoms with Crippen molar-refractivity contribution in [3.05, 3.63) is 46.2 Å². The van der Waals surface area contributed by atoms with Crippen LogP contribution in [0.15, 0.2) is 35.7 Å². The molecule has 1 nitrogen and oxygen atoms in total. The van der Waals surface area contributed by atoms with Crippen molar-refractivity contribution < 1.29 is 0 Å². The van der Waals surface area contributed by atoms with E-state index in [2.05, 4.69) is 42.6 Å². The fourth-order valence-corrected chi connectivity index (χ4v) is 2.38. The normalized spacial score (nSPS) is 10.5. The Bertz CT molecular complexity index is 445. The first-order valence-corrected chi connectivity index (χ1v) is 6.08. The molecule has 2 aromatic rings. The van der Waals surface area contributed by atoms with Crippen molar-refractivity contribution in [3.63, 3.8) is 0 Å². The Morgan fingerprint density at radius 3 is 2.73 bits per heavy atom. The molecular formula is C13H15NS. The maximum Gasteiger partial charge on any atom is 0.0274 e. The van der Waals surface area contributed by atoms with E-state index < -0.39 is 0 Å². The summed E-state index contributed by atoms with van der Waals surface area (Å²) in [7, 11) is 0. The number of thiophene rings is 1. The van der Waals surface area contributed by atoms with Gasteiger partial charge in [0.1, 0.15) is 0 Å². The predicted molar refractivity (Wildman–Crippen MR) is 67.0 cm³/mol. The molecule has 2 rings (SSSR count). The van der Waals surface area contributed by atoms with Crippen LogP contribution in [0.25, 0.3) is 11.1 Å². The lowest BCUT2D eigenvalue weighted by Gasteiger charge is -2.00. The molecule has 78 valence electrons. The number of rotatable bonds is 3. The average Bonchev–Trinajstić information content (AvgIpc) is 2.78. The maximum absolute atomic E-state index is 5.61. The Kier molecular flexibility index (Phi) is 3.19. The third-order valence-electron chi connectivity index (χ3n) is 2.52. The van der Waals surface area contributed by atoms with Crippen LogP contribution in [0.4, 0.5) is 0 Å². The highest BCUT2D eigenvalue weighted by Crippen LogP contribution is 2.26. The summed E-state index contributed by atoms with van der Waals surface area (Å²) in [5, 5.41) is 2.18. The van der Waals surface area contributed by atoms with Crippen molar-refractivity contribution in [2.45, 2.75) is 19.9 Å². The molecule has 0 spiro atoms. The molecule has 0 fully saturated rings. The maximum atomic E-state index is 5.61. The van der Waals surface area contributed by atoms with Crippen LogP contribution in [0.5, 0.6) is 0 Å². The Morgan fingerprint density at radius 2 is 2.07 bits per heavy atom. The lowest BCUT2D eigenvalue weighted by molar-refractivity contribution is 1.11. The number of hydrogen-bond donors (Lipinski definition) is 1. The van der Waals surface area contributed by atoms with Gasteiger partial charge < -0.3 is 5.73 Å². The summed E-state index contributed by atoms with van der Waals surface area (Å²) in [5.41, 5.74) is 9.57. The van der Waals surface area contributed by atoms with Crippen LogP contribution in [0.3, 0.4) is 0 Å². The lowest BCUT2D eigenvalue weighted by Crippen LogP contribution is -1.91. The second kappa shape index (κ2) is 4.60. The Labute approximate surface area is 94.6 Å². The molecule has 0 bridgehead atoms. The summed E-state index contributed by atoms with van der Waals surface area (Å²) >= 11 is 1.73. The van der Waals surface area contributed by atoms with Gasteiger partial charge in [-0.25, -0.2) is 0 Å². The van der Waals surface area contributed by atoms with E-state index in [-0.39, 0.29) is 0 Å². The molecule has 0 radical (unpaired) electrons. The summed E-state index contributed by atoms with van der Waals surface area (Å²) in [6.07, 6.45) is 1.09. The standard InChI is InChI=1S/C13H15NS/c1-2-10-4-3-5-11(6-10)12-7-13(8-14)15-9-12/h3-7,9H,2,8,14H2,1H3. The zero-order chi connectivity index (χ0) is 10.7. The van der Waals surface area contributed by atoms with Gasteiger partial charge in [0.2, 0.25) is 0 Å². The largest absolute Gasteiger partial charge is 0.326 e. The third-order valence-corrected chi connectivity index (χ3v) is 3.48. The molecule has 0 atom stereocenters. The Hall–Kier alpha value is -1.12. The molecule has 1 aromatic carbocycles. The van der Waals surface area contributed by atoms with Crippen LogP contribution in [0, 0.1) is 0 Å². The van der Waals surface area contributed by atoms with E-state index in [1.54, 1.807) is 11.3 Å². The van der Waals surface area contributed by atoms with Gasteiger partial charge in [-0.1, -0.05) is 31.2 Å². The van der Waals surface area contributed by atoms with Gasteiger partial charge in [-0.05, 0) is 34.6 Å². The SMILES string of the molecule is CCc1cccc(-c2csc(CN)c2)c1. The van der Waals surface area contributed by atoms with Gasteiger partial charge in [0.25, 0.3) is 0 Å². The second-order valence-corrected chi connectivity index (χ2v) is 4.56. The third kappa shape index (κ3) is 2.28. The molecule has 15 heavy (non-hydrogen) atoms. The van der Waals surface area contributed by atoms with Gasteiger partial charge in [0.15, 0.2) is 0 Å². The van der Waals surface area contributed by atoms with Crippen molar-refractivity contribution in [1.82, 2.24) is 0 Å². The van der Waals surface area contributed by atoms with Gasteiger partial charge >= 0.3 is 0 Å². The fourth-order valence-electron chi connectivity index (χ4n) is 1.61. The molecule has 1 heterocycles. The minimum atomic E-state index is 0.637. The highest BCUT2D eigenvalue weighted by atomic mass is 32.1. The quantitative estimate of drug-likeness (QED) is 0.837. The van der Waals surface area contributed by atoms with Gasteiger partial charge in [-0.3, -0.25) is 0 Å². The van der Waals surface area contributed by atoms with E-state index in [0.717, 1.165) is 6.42 Å². The average molecular weight is 217 g/mol. The molecule has 0 saturated carbocycles. The van der Waals surface area contributed by atoms with E-state index >= 15 is 0 Å². The smallest absolute Gasteiger partial charge is 0.0274 e. The Balaban J connectivity index is 2.35. The molecule has 0 aliphatic carbocycles. The number of aryl methyl sites for hydroxylation is 1. The van der Waals surface area contributed by atoms with Crippen LogP contribution in [-0.2, 0) is 13.0 Å². The summed E-state index contributed by atoms with van der Waals surface area (Å²) < 4.78 is 0. The fraction of sp³-hybridized carbons (Fsp3) is 0.231. The molecule has 0 unspecified atom stereocenters. The number of hydrogen-bond acceptors (Lipinski definition) is 2. The summed E-state index contributed by atoms with van der Waals surface area (Å²) in [6.45, 7) is 2.82. The summed E-state index contributed by atoms with van der Waals surface area (Å²) in [6, 6.07) is 10.9. The highest BCUT2D eigenvalue weighted by molar-refractivity contribution is 7.10. The van der Waals surface area contributed by atoms with Crippen LogP contribution in [-0.4, -0.2) is 0 Å². The Morgan fingerprint density at radius 1 is 1.20 bits per heavy atom. The van der Waals surface area contributed by atoms with Crippen LogP contribution < -0.4 is 5.73 Å². The summed E-state index contributed by atoms with van der Waals surface area (Å²) in [4.78, 5) is 1.24. The van der Waals surface area contributed by atoms with Crippen LogP contribution in [0.2, 0.25) is 0 Å². The minimum absolute atomic E-state index is 0.637. The van der Waals surface area contributed by atoms with E-state index in [1.807, 2.05) is 0 Å². The van der Waals surface area contributed by atoms with Gasteiger partial charge in [-0.15, -0.1) is 11.3 Å². The molecule has 1 aromatic heterocycles.